The smallest absolute Gasteiger partial charge is 0.410 e. The number of amides is 2. The Morgan fingerprint density at radius 2 is 1.71 bits per heavy atom. The van der Waals surface area contributed by atoms with E-state index in [9.17, 15) is 19.1 Å². The van der Waals surface area contributed by atoms with Crippen LogP contribution in [0.3, 0.4) is 0 Å². The minimum absolute atomic E-state index is 0.137. The second kappa shape index (κ2) is 10.7. The Kier molecular flexibility index (Phi) is 8.35. The molecular formula is C27H41FN2O5. The van der Waals surface area contributed by atoms with Gasteiger partial charge in [-0.2, -0.15) is 0 Å². The van der Waals surface area contributed by atoms with E-state index in [1.807, 2.05) is 41.5 Å². The minimum Gasteiger partial charge on any atom is -0.444 e. The van der Waals surface area contributed by atoms with Crippen LogP contribution in [0.25, 0.3) is 0 Å². The fourth-order valence-electron chi connectivity index (χ4n) is 5.10. The zero-order chi connectivity index (χ0) is 26.0. The van der Waals surface area contributed by atoms with E-state index in [0.717, 1.165) is 12.8 Å². The molecule has 2 fully saturated rings. The maximum atomic E-state index is 13.8. The van der Waals surface area contributed by atoms with Gasteiger partial charge in [-0.15, -0.1) is 0 Å². The van der Waals surface area contributed by atoms with E-state index in [-0.39, 0.29) is 18.1 Å². The highest BCUT2D eigenvalue weighted by Gasteiger charge is 2.44. The standard InChI is InChI=1S/C27H41FN2O5/c1-26(2,3)34-24(32)29-14-8-9-18(17-29)15-21-12-13-22(30(21)25(33)35-27(4,5)6)23(31)19-10-7-11-20(28)16-19/h7,10-11,16,18,21-23,31H,8-9,12-15,17H2,1-6H3/t18-,21+,22-,23+/m1/s1. The first-order chi connectivity index (χ1) is 16.2. The summed E-state index contributed by atoms with van der Waals surface area (Å²) in [6, 6.07) is 5.23. The third kappa shape index (κ3) is 7.56. The number of hydrogen-bond acceptors (Lipinski definition) is 5. The number of rotatable bonds is 4. The van der Waals surface area contributed by atoms with Crippen LogP contribution in [-0.2, 0) is 9.47 Å². The minimum atomic E-state index is -1.02. The molecule has 2 aliphatic rings. The number of hydrogen-bond donors (Lipinski definition) is 1. The third-order valence-corrected chi connectivity index (χ3v) is 6.48. The van der Waals surface area contributed by atoms with Gasteiger partial charge in [0.25, 0.3) is 0 Å². The molecule has 7 nitrogen and oxygen atoms in total. The molecule has 0 aromatic heterocycles. The number of halogens is 1. The first kappa shape index (κ1) is 27.2. The maximum Gasteiger partial charge on any atom is 0.410 e. The lowest BCUT2D eigenvalue weighted by Gasteiger charge is -2.38. The van der Waals surface area contributed by atoms with E-state index in [4.69, 9.17) is 9.47 Å². The molecular weight excluding hydrogens is 451 g/mol. The third-order valence-electron chi connectivity index (χ3n) is 6.48. The van der Waals surface area contributed by atoms with Crippen molar-refractivity contribution in [2.24, 2.45) is 5.92 Å². The summed E-state index contributed by atoms with van der Waals surface area (Å²) < 4.78 is 25.1. The highest BCUT2D eigenvalue weighted by atomic mass is 19.1. The monoisotopic (exact) mass is 492 g/mol. The molecule has 2 heterocycles. The first-order valence-corrected chi connectivity index (χ1v) is 12.7. The van der Waals surface area contributed by atoms with E-state index in [0.29, 0.717) is 37.9 Å². The molecule has 1 aromatic rings. The van der Waals surface area contributed by atoms with E-state index >= 15 is 0 Å². The van der Waals surface area contributed by atoms with Crippen molar-refractivity contribution in [3.63, 3.8) is 0 Å². The van der Waals surface area contributed by atoms with Crippen molar-refractivity contribution in [1.29, 1.82) is 0 Å². The second-order valence-corrected chi connectivity index (χ2v) is 11.9. The van der Waals surface area contributed by atoms with Crippen LogP contribution in [0.2, 0.25) is 0 Å². The second-order valence-electron chi connectivity index (χ2n) is 11.9. The molecule has 4 atom stereocenters. The van der Waals surface area contributed by atoms with Crippen LogP contribution in [0, 0.1) is 11.7 Å². The zero-order valence-electron chi connectivity index (χ0n) is 21.9. The van der Waals surface area contributed by atoms with Gasteiger partial charge in [0, 0.05) is 19.1 Å². The molecule has 1 N–H and O–H groups in total. The topological polar surface area (TPSA) is 79.3 Å². The lowest BCUT2D eigenvalue weighted by Crippen LogP contribution is -2.48. The summed E-state index contributed by atoms with van der Waals surface area (Å²) in [7, 11) is 0. The van der Waals surface area contributed by atoms with E-state index in [2.05, 4.69) is 0 Å². The molecule has 0 saturated carbocycles. The molecule has 0 radical (unpaired) electrons. The summed E-state index contributed by atoms with van der Waals surface area (Å²) in [6.45, 7) is 12.2. The SMILES string of the molecule is CC(C)(C)OC(=O)N1CCC[C@H](C[C@@H]2CC[C@H]([C@@H](O)c3cccc(F)c3)N2C(=O)OC(C)(C)C)C1. The number of nitrogens with zero attached hydrogens (tertiary/aromatic N) is 2. The number of carbonyl (C=O) groups is 2. The summed E-state index contributed by atoms with van der Waals surface area (Å²) in [5.41, 5.74) is -0.793. The highest BCUT2D eigenvalue weighted by molar-refractivity contribution is 5.70. The summed E-state index contributed by atoms with van der Waals surface area (Å²) in [5, 5.41) is 11.1. The number of carbonyl (C=O) groups excluding carboxylic acids is 2. The fraction of sp³-hybridized carbons (Fsp3) is 0.704. The summed E-state index contributed by atoms with van der Waals surface area (Å²) in [4.78, 5) is 29.3. The Labute approximate surface area is 208 Å². The molecule has 2 saturated heterocycles. The predicted octanol–water partition coefficient (Wildman–Crippen LogP) is 5.66. The maximum absolute atomic E-state index is 13.8. The van der Waals surface area contributed by atoms with E-state index in [1.165, 1.54) is 12.1 Å². The van der Waals surface area contributed by atoms with Crippen molar-refractivity contribution < 1.29 is 28.6 Å². The Balaban J connectivity index is 1.75. The van der Waals surface area contributed by atoms with Crippen molar-refractivity contribution in [1.82, 2.24) is 9.80 Å². The molecule has 0 unspecified atom stereocenters. The molecule has 0 bridgehead atoms. The Morgan fingerprint density at radius 1 is 1.06 bits per heavy atom. The molecule has 1 aromatic carbocycles. The van der Waals surface area contributed by atoms with Crippen LogP contribution < -0.4 is 0 Å². The van der Waals surface area contributed by atoms with Crippen molar-refractivity contribution in [2.45, 2.75) is 103 Å². The van der Waals surface area contributed by atoms with Crippen molar-refractivity contribution >= 4 is 12.2 Å². The average Bonchev–Trinajstić information content (AvgIpc) is 3.14. The average molecular weight is 493 g/mol. The fourth-order valence-corrected chi connectivity index (χ4v) is 5.10. The number of likely N-dealkylation sites (tertiary alicyclic amines) is 2. The number of ether oxygens (including phenoxy) is 2. The lowest BCUT2D eigenvalue weighted by atomic mass is 9.90. The summed E-state index contributed by atoms with van der Waals surface area (Å²) in [5.74, 6) is -0.222. The van der Waals surface area contributed by atoms with Crippen molar-refractivity contribution in [2.75, 3.05) is 13.1 Å². The number of aliphatic hydroxyl groups is 1. The molecule has 196 valence electrons. The van der Waals surface area contributed by atoms with Gasteiger partial charge in [-0.25, -0.2) is 14.0 Å². The Hall–Kier alpha value is -2.35. The number of aliphatic hydroxyl groups excluding tert-OH is 1. The quantitative estimate of drug-likeness (QED) is 0.586. The largest absolute Gasteiger partial charge is 0.444 e. The van der Waals surface area contributed by atoms with Gasteiger partial charge in [-0.05, 0) is 97.3 Å². The predicted molar refractivity (Wildman–Crippen MR) is 131 cm³/mol. The van der Waals surface area contributed by atoms with Gasteiger partial charge >= 0.3 is 12.2 Å². The summed E-state index contributed by atoms with van der Waals surface area (Å²) in [6.07, 6.45) is 2.02. The van der Waals surface area contributed by atoms with Crippen LogP contribution >= 0.6 is 0 Å². The molecule has 3 rings (SSSR count). The van der Waals surface area contributed by atoms with Crippen LogP contribution in [0.15, 0.2) is 24.3 Å². The normalized spacial score (nSPS) is 24.3. The molecule has 2 aliphatic heterocycles. The number of benzene rings is 1. The van der Waals surface area contributed by atoms with Crippen LogP contribution in [0.5, 0.6) is 0 Å². The zero-order valence-corrected chi connectivity index (χ0v) is 21.9. The molecule has 2 amide bonds. The van der Waals surface area contributed by atoms with Gasteiger partial charge in [-0.3, -0.25) is 4.90 Å². The van der Waals surface area contributed by atoms with Crippen molar-refractivity contribution in [3.8, 4) is 0 Å². The van der Waals surface area contributed by atoms with Gasteiger partial charge in [0.05, 0.1) is 12.1 Å². The van der Waals surface area contributed by atoms with Crippen LogP contribution in [0.4, 0.5) is 14.0 Å². The van der Waals surface area contributed by atoms with Gasteiger partial charge < -0.3 is 19.5 Å². The van der Waals surface area contributed by atoms with Crippen LogP contribution in [0.1, 0.15) is 85.3 Å². The van der Waals surface area contributed by atoms with Gasteiger partial charge in [0.15, 0.2) is 0 Å². The Morgan fingerprint density at radius 3 is 2.34 bits per heavy atom. The van der Waals surface area contributed by atoms with E-state index < -0.39 is 35.3 Å². The Bertz CT molecular complexity index is 894. The molecule has 0 aliphatic carbocycles. The van der Waals surface area contributed by atoms with Crippen molar-refractivity contribution in [3.05, 3.63) is 35.6 Å². The number of piperidine rings is 1. The molecule has 8 heteroatoms. The van der Waals surface area contributed by atoms with E-state index in [1.54, 1.807) is 21.9 Å². The highest BCUT2D eigenvalue weighted by Crippen LogP contribution is 2.38. The van der Waals surface area contributed by atoms with Gasteiger partial charge in [0.2, 0.25) is 0 Å². The first-order valence-electron chi connectivity index (χ1n) is 12.7. The van der Waals surface area contributed by atoms with Crippen LogP contribution in [-0.4, -0.2) is 63.5 Å². The lowest BCUT2D eigenvalue weighted by molar-refractivity contribution is -0.00991. The summed E-state index contributed by atoms with van der Waals surface area (Å²) >= 11 is 0. The molecule has 0 spiro atoms. The van der Waals surface area contributed by atoms with Gasteiger partial charge in [-0.1, -0.05) is 12.1 Å². The van der Waals surface area contributed by atoms with Gasteiger partial charge in [0.1, 0.15) is 17.0 Å². The molecule has 35 heavy (non-hydrogen) atoms.